The van der Waals surface area contributed by atoms with Crippen LogP contribution in [0.3, 0.4) is 0 Å². The van der Waals surface area contributed by atoms with Gasteiger partial charge in [0.05, 0.1) is 23.5 Å². The quantitative estimate of drug-likeness (QED) is 0.680. The largest absolute Gasteiger partial charge is 0.329 e. The molecule has 1 unspecified atom stereocenters. The lowest BCUT2D eigenvalue weighted by Gasteiger charge is -2.36. The number of aryl methyl sites for hydroxylation is 1. The summed E-state index contributed by atoms with van der Waals surface area (Å²) in [5.74, 6) is 0.00884. The summed E-state index contributed by atoms with van der Waals surface area (Å²) < 4.78 is 1.89. The molecule has 29 heavy (non-hydrogen) atoms. The number of aromatic nitrogens is 4. The zero-order valence-electron chi connectivity index (χ0n) is 16.7. The Kier molecular flexibility index (Phi) is 7.57. The van der Waals surface area contributed by atoms with Crippen LogP contribution in [0.1, 0.15) is 47.5 Å². The number of hydrogen-bond donors (Lipinski definition) is 1. The van der Waals surface area contributed by atoms with Crippen LogP contribution in [0.4, 0.5) is 0 Å². The molecule has 3 aromatic rings. The third-order valence-corrected chi connectivity index (χ3v) is 5.05. The van der Waals surface area contributed by atoms with E-state index < -0.39 is 0 Å². The standard InChI is InChI=1S/C20H24N6O.2ClH/c1-13(2)26-19-16(11-23-26)9-17(14(3)24-19)20(27)25-8-7-22-12-18(25)15-5-4-6-21-10-15;;/h4-6,9-11,13,18,22H,7-8,12H2,1-3H3;2*1H. The third kappa shape index (κ3) is 4.37. The van der Waals surface area contributed by atoms with E-state index in [1.807, 2.05) is 40.9 Å². The number of pyridine rings is 2. The molecule has 1 atom stereocenters. The molecule has 156 valence electrons. The second-order valence-electron chi connectivity index (χ2n) is 7.22. The maximum Gasteiger partial charge on any atom is 0.256 e. The minimum Gasteiger partial charge on any atom is -0.329 e. The second kappa shape index (κ2) is 9.52. The highest BCUT2D eigenvalue weighted by molar-refractivity contribution is 5.98. The van der Waals surface area contributed by atoms with E-state index in [2.05, 4.69) is 29.2 Å². The van der Waals surface area contributed by atoms with Crippen molar-refractivity contribution in [3.8, 4) is 0 Å². The van der Waals surface area contributed by atoms with Crippen LogP contribution in [0, 0.1) is 6.92 Å². The fraction of sp³-hybridized carbons (Fsp3) is 0.400. The Hall–Kier alpha value is -2.22. The van der Waals surface area contributed by atoms with Crippen molar-refractivity contribution >= 4 is 41.8 Å². The van der Waals surface area contributed by atoms with Gasteiger partial charge in [0.2, 0.25) is 0 Å². The van der Waals surface area contributed by atoms with Crippen LogP contribution < -0.4 is 5.32 Å². The van der Waals surface area contributed by atoms with E-state index in [-0.39, 0.29) is 42.8 Å². The molecule has 1 fully saturated rings. The molecule has 4 rings (SSSR count). The Bertz CT molecular complexity index is 976. The predicted molar refractivity (Wildman–Crippen MR) is 118 cm³/mol. The fourth-order valence-corrected chi connectivity index (χ4v) is 3.63. The zero-order chi connectivity index (χ0) is 19.0. The molecule has 0 aromatic carbocycles. The van der Waals surface area contributed by atoms with E-state index in [1.54, 1.807) is 12.4 Å². The number of halogens is 2. The van der Waals surface area contributed by atoms with Crippen LogP contribution in [0.2, 0.25) is 0 Å². The molecule has 0 aliphatic carbocycles. The summed E-state index contributed by atoms with van der Waals surface area (Å²) in [6.45, 7) is 8.19. The molecule has 1 amide bonds. The molecule has 1 N–H and O–H groups in total. The van der Waals surface area contributed by atoms with Crippen molar-refractivity contribution in [3.05, 3.63) is 53.6 Å². The predicted octanol–water partition coefficient (Wildman–Crippen LogP) is 3.35. The average Bonchev–Trinajstić information content (AvgIpc) is 3.10. The van der Waals surface area contributed by atoms with Gasteiger partial charge in [-0.05, 0) is 38.5 Å². The normalized spacial score (nSPS) is 16.4. The van der Waals surface area contributed by atoms with Crippen LogP contribution in [0.15, 0.2) is 36.8 Å². The van der Waals surface area contributed by atoms with Gasteiger partial charge in [0.1, 0.15) is 0 Å². The van der Waals surface area contributed by atoms with Crippen molar-refractivity contribution in [3.63, 3.8) is 0 Å². The molecule has 1 aliphatic heterocycles. The van der Waals surface area contributed by atoms with E-state index in [4.69, 9.17) is 4.98 Å². The first kappa shape index (κ1) is 23.1. The molecule has 4 heterocycles. The fourth-order valence-electron chi connectivity index (χ4n) is 3.63. The third-order valence-electron chi connectivity index (χ3n) is 5.05. The van der Waals surface area contributed by atoms with Gasteiger partial charge in [-0.15, -0.1) is 24.8 Å². The summed E-state index contributed by atoms with van der Waals surface area (Å²) in [6, 6.07) is 6.04. The minimum absolute atomic E-state index is 0. The molecule has 0 bridgehead atoms. The Morgan fingerprint density at radius 2 is 2.07 bits per heavy atom. The molecule has 9 heteroatoms. The Balaban J connectivity index is 0.00000150. The van der Waals surface area contributed by atoms with Gasteiger partial charge in [-0.3, -0.25) is 9.78 Å². The maximum atomic E-state index is 13.4. The van der Waals surface area contributed by atoms with E-state index in [9.17, 15) is 4.79 Å². The van der Waals surface area contributed by atoms with Crippen molar-refractivity contribution in [1.82, 2.24) is 30.0 Å². The molecule has 0 spiro atoms. The molecule has 0 saturated carbocycles. The van der Waals surface area contributed by atoms with Crippen molar-refractivity contribution in [2.75, 3.05) is 19.6 Å². The second-order valence-corrected chi connectivity index (χ2v) is 7.22. The monoisotopic (exact) mass is 436 g/mol. The van der Waals surface area contributed by atoms with Crippen LogP contribution in [0.25, 0.3) is 11.0 Å². The van der Waals surface area contributed by atoms with Gasteiger partial charge in [-0.1, -0.05) is 6.07 Å². The number of carbonyl (C=O) groups excluding carboxylic acids is 1. The first-order valence-electron chi connectivity index (χ1n) is 9.32. The molecular formula is C20H26Cl2N6O. The van der Waals surface area contributed by atoms with Crippen molar-refractivity contribution in [2.45, 2.75) is 32.9 Å². The highest BCUT2D eigenvalue weighted by atomic mass is 35.5. The maximum absolute atomic E-state index is 13.4. The van der Waals surface area contributed by atoms with Crippen LogP contribution in [-0.2, 0) is 0 Å². The number of hydrogen-bond acceptors (Lipinski definition) is 5. The van der Waals surface area contributed by atoms with Gasteiger partial charge in [0.25, 0.3) is 5.91 Å². The molecule has 7 nitrogen and oxygen atoms in total. The number of nitrogens with one attached hydrogen (secondary N) is 1. The summed E-state index contributed by atoms with van der Waals surface area (Å²) in [4.78, 5) is 24.2. The van der Waals surface area contributed by atoms with E-state index in [1.165, 1.54) is 0 Å². The van der Waals surface area contributed by atoms with Gasteiger partial charge < -0.3 is 10.2 Å². The number of rotatable bonds is 3. The van der Waals surface area contributed by atoms with Gasteiger partial charge in [0.15, 0.2) is 5.65 Å². The lowest BCUT2D eigenvalue weighted by Crippen LogP contribution is -2.48. The van der Waals surface area contributed by atoms with Crippen molar-refractivity contribution in [2.24, 2.45) is 0 Å². The summed E-state index contributed by atoms with van der Waals surface area (Å²) in [7, 11) is 0. The smallest absolute Gasteiger partial charge is 0.256 e. The Morgan fingerprint density at radius 3 is 2.76 bits per heavy atom. The topological polar surface area (TPSA) is 75.9 Å². The number of piperazine rings is 1. The van der Waals surface area contributed by atoms with E-state index >= 15 is 0 Å². The van der Waals surface area contributed by atoms with Gasteiger partial charge in [0, 0.05) is 43.5 Å². The lowest BCUT2D eigenvalue weighted by molar-refractivity contribution is 0.0633. The summed E-state index contributed by atoms with van der Waals surface area (Å²) >= 11 is 0. The minimum atomic E-state index is -0.0339. The van der Waals surface area contributed by atoms with Gasteiger partial charge in [-0.2, -0.15) is 5.10 Å². The highest BCUT2D eigenvalue weighted by Gasteiger charge is 2.30. The van der Waals surface area contributed by atoms with Gasteiger partial charge >= 0.3 is 0 Å². The molecular weight excluding hydrogens is 411 g/mol. The first-order valence-corrected chi connectivity index (χ1v) is 9.32. The Labute approximate surface area is 182 Å². The van der Waals surface area contributed by atoms with E-state index in [0.29, 0.717) is 12.1 Å². The van der Waals surface area contributed by atoms with Crippen molar-refractivity contribution in [1.29, 1.82) is 0 Å². The number of nitrogens with zero attached hydrogens (tertiary/aromatic N) is 5. The SMILES string of the molecule is Cc1nc2c(cnn2C(C)C)cc1C(=O)N1CCNCC1c1cccnc1.Cl.Cl. The number of amides is 1. The molecule has 0 radical (unpaired) electrons. The van der Waals surface area contributed by atoms with Gasteiger partial charge in [-0.25, -0.2) is 9.67 Å². The van der Waals surface area contributed by atoms with Crippen LogP contribution in [0.5, 0.6) is 0 Å². The Morgan fingerprint density at radius 1 is 1.28 bits per heavy atom. The summed E-state index contributed by atoms with van der Waals surface area (Å²) in [5.41, 5.74) is 3.24. The zero-order valence-corrected chi connectivity index (χ0v) is 18.3. The first-order chi connectivity index (χ1) is 13.1. The van der Waals surface area contributed by atoms with Crippen molar-refractivity contribution < 1.29 is 4.79 Å². The molecule has 3 aromatic heterocycles. The summed E-state index contributed by atoms with van der Waals surface area (Å²) in [5, 5.41) is 8.70. The molecule has 1 saturated heterocycles. The van der Waals surface area contributed by atoms with E-state index in [0.717, 1.165) is 35.4 Å². The highest BCUT2D eigenvalue weighted by Crippen LogP contribution is 2.26. The van der Waals surface area contributed by atoms with Crippen LogP contribution >= 0.6 is 24.8 Å². The average molecular weight is 437 g/mol. The van der Waals surface area contributed by atoms with Crippen LogP contribution in [-0.4, -0.2) is 50.2 Å². The number of fused-ring (bicyclic) bond motifs is 1. The lowest BCUT2D eigenvalue weighted by atomic mass is 10.0. The summed E-state index contributed by atoms with van der Waals surface area (Å²) in [6.07, 6.45) is 5.37. The number of carbonyl (C=O) groups is 1. The molecule has 1 aliphatic rings.